The summed E-state index contributed by atoms with van der Waals surface area (Å²) in [4.78, 5) is 12.4. The third-order valence-corrected chi connectivity index (χ3v) is 4.55. The predicted octanol–water partition coefficient (Wildman–Crippen LogP) is 2.86. The van der Waals surface area contributed by atoms with Crippen molar-refractivity contribution in [2.24, 2.45) is 5.10 Å². The fraction of sp³-hybridized carbons (Fsp3) is 0.143. The Labute approximate surface area is 160 Å². The van der Waals surface area contributed by atoms with Crippen molar-refractivity contribution < 1.29 is 23.7 Å². The van der Waals surface area contributed by atoms with Gasteiger partial charge in [-0.05, 0) is 46.7 Å². The van der Waals surface area contributed by atoms with E-state index in [1.807, 2.05) is 42.5 Å². The number of amides is 1. The molecule has 7 nitrogen and oxygen atoms in total. The van der Waals surface area contributed by atoms with Crippen LogP contribution < -0.4 is 24.4 Å². The molecule has 1 amide bonds. The molecule has 28 heavy (non-hydrogen) atoms. The molecule has 2 aliphatic heterocycles. The molecule has 2 aliphatic rings. The lowest BCUT2D eigenvalue weighted by Gasteiger charge is -2.25. The first-order chi connectivity index (χ1) is 13.8. The molecule has 0 spiro atoms. The third kappa shape index (κ3) is 3.07. The van der Waals surface area contributed by atoms with Crippen molar-refractivity contribution in [2.45, 2.75) is 6.10 Å². The van der Waals surface area contributed by atoms with Crippen LogP contribution in [0.3, 0.4) is 0 Å². The molecule has 3 aromatic rings. The van der Waals surface area contributed by atoms with Gasteiger partial charge in [-0.3, -0.25) is 4.79 Å². The van der Waals surface area contributed by atoms with E-state index in [4.69, 9.17) is 18.9 Å². The van der Waals surface area contributed by atoms with Crippen LogP contribution in [0, 0.1) is 0 Å². The molecule has 0 bridgehead atoms. The van der Waals surface area contributed by atoms with Gasteiger partial charge in [-0.15, -0.1) is 0 Å². The lowest BCUT2D eigenvalue weighted by atomic mass is 10.1. The first-order valence-corrected chi connectivity index (χ1v) is 8.81. The van der Waals surface area contributed by atoms with Crippen molar-refractivity contribution in [1.29, 1.82) is 0 Å². The largest absolute Gasteiger partial charge is 0.485 e. The lowest BCUT2D eigenvalue weighted by molar-refractivity contribution is -0.130. The van der Waals surface area contributed by atoms with Crippen molar-refractivity contribution >= 4 is 22.9 Å². The summed E-state index contributed by atoms with van der Waals surface area (Å²) in [7, 11) is 0. The Balaban J connectivity index is 1.26. The van der Waals surface area contributed by atoms with Crippen molar-refractivity contribution in [2.75, 3.05) is 13.4 Å². The Morgan fingerprint density at radius 3 is 2.54 bits per heavy atom. The monoisotopic (exact) mass is 376 g/mol. The maximum atomic E-state index is 12.4. The van der Waals surface area contributed by atoms with Crippen LogP contribution in [0.15, 0.2) is 59.7 Å². The minimum atomic E-state index is -0.775. The number of benzene rings is 3. The van der Waals surface area contributed by atoms with Gasteiger partial charge in [0, 0.05) is 0 Å². The number of hydrogen-bond donors (Lipinski definition) is 1. The molecule has 1 N–H and O–H groups in total. The van der Waals surface area contributed by atoms with Crippen molar-refractivity contribution in [3.05, 3.63) is 60.2 Å². The van der Waals surface area contributed by atoms with Gasteiger partial charge in [0.2, 0.25) is 12.9 Å². The van der Waals surface area contributed by atoms with Gasteiger partial charge < -0.3 is 18.9 Å². The van der Waals surface area contributed by atoms with Crippen LogP contribution >= 0.6 is 0 Å². The third-order valence-electron chi connectivity index (χ3n) is 4.55. The van der Waals surface area contributed by atoms with E-state index in [1.165, 1.54) is 6.21 Å². The van der Waals surface area contributed by atoms with E-state index in [1.54, 1.807) is 12.1 Å². The average Bonchev–Trinajstić information content (AvgIpc) is 3.19. The molecule has 0 aliphatic carbocycles. The summed E-state index contributed by atoms with van der Waals surface area (Å²) in [6, 6.07) is 17.1. The Kier molecular flexibility index (Phi) is 3.97. The zero-order valence-corrected chi connectivity index (χ0v) is 14.8. The van der Waals surface area contributed by atoms with Gasteiger partial charge in [-0.25, -0.2) is 5.43 Å². The lowest BCUT2D eigenvalue weighted by Crippen LogP contribution is -2.42. The molecule has 1 atom stereocenters. The normalized spacial score (nSPS) is 17.1. The van der Waals surface area contributed by atoms with Gasteiger partial charge in [0.15, 0.2) is 23.0 Å². The molecular weight excluding hydrogens is 360 g/mol. The van der Waals surface area contributed by atoms with E-state index in [0.29, 0.717) is 23.0 Å². The Morgan fingerprint density at radius 2 is 1.68 bits per heavy atom. The van der Waals surface area contributed by atoms with E-state index >= 15 is 0 Å². The SMILES string of the molecule is O=C(N/N=C/c1ccc2c(c1)OCO2)C1COc2cc3ccccc3cc2O1. The molecule has 0 saturated carbocycles. The molecule has 5 rings (SSSR count). The van der Waals surface area contributed by atoms with Crippen LogP contribution in [0.25, 0.3) is 10.8 Å². The minimum Gasteiger partial charge on any atom is -0.485 e. The summed E-state index contributed by atoms with van der Waals surface area (Å²) in [6.45, 7) is 0.333. The maximum absolute atomic E-state index is 12.4. The van der Waals surface area contributed by atoms with Crippen LogP contribution in [0.5, 0.6) is 23.0 Å². The fourth-order valence-electron chi connectivity index (χ4n) is 3.12. The molecular formula is C21H16N2O5. The van der Waals surface area contributed by atoms with Crippen molar-refractivity contribution in [3.63, 3.8) is 0 Å². The quantitative estimate of drug-likeness (QED) is 0.562. The summed E-state index contributed by atoms with van der Waals surface area (Å²) in [5.41, 5.74) is 3.27. The first kappa shape index (κ1) is 16.4. The molecule has 7 heteroatoms. The molecule has 140 valence electrons. The number of carbonyl (C=O) groups excluding carboxylic acids is 1. The highest BCUT2D eigenvalue weighted by Gasteiger charge is 2.27. The van der Waals surface area contributed by atoms with Gasteiger partial charge in [0.05, 0.1) is 6.21 Å². The summed E-state index contributed by atoms with van der Waals surface area (Å²) in [5.74, 6) is 2.15. The molecule has 0 fully saturated rings. The highest BCUT2D eigenvalue weighted by molar-refractivity contribution is 5.88. The fourth-order valence-corrected chi connectivity index (χ4v) is 3.12. The van der Waals surface area contributed by atoms with Gasteiger partial charge in [-0.2, -0.15) is 5.10 Å². The summed E-state index contributed by atoms with van der Waals surface area (Å²) in [5, 5.41) is 6.07. The predicted molar refractivity (Wildman–Crippen MR) is 102 cm³/mol. The second-order valence-corrected chi connectivity index (χ2v) is 6.41. The highest BCUT2D eigenvalue weighted by Crippen LogP contribution is 2.36. The van der Waals surface area contributed by atoms with Crippen molar-refractivity contribution in [1.82, 2.24) is 5.43 Å². The number of ether oxygens (including phenoxy) is 4. The first-order valence-electron chi connectivity index (χ1n) is 8.81. The van der Waals surface area contributed by atoms with E-state index < -0.39 is 6.10 Å². The molecule has 0 saturated heterocycles. The van der Waals surface area contributed by atoms with Gasteiger partial charge in [0.1, 0.15) is 6.61 Å². The van der Waals surface area contributed by atoms with E-state index in [-0.39, 0.29) is 19.3 Å². The maximum Gasteiger partial charge on any atom is 0.284 e. The summed E-state index contributed by atoms with van der Waals surface area (Å²) < 4.78 is 22.1. The number of nitrogens with zero attached hydrogens (tertiary/aromatic N) is 1. The van der Waals surface area contributed by atoms with Crippen LogP contribution in [0.4, 0.5) is 0 Å². The second-order valence-electron chi connectivity index (χ2n) is 6.41. The smallest absolute Gasteiger partial charge is 0.284 e. The van der Waals surface area contributed by atoms with Gasteiger partial charge >= 0.3 is 0 Å². The Bertz CT molecular complexity index is 1100. The molecule has 0 radical (unpaired) electrons. The van der Waals surface area contributed by atoms with Gasteiger partial charge in [-0.1, -0.05) is 24.3 Å². The topological polar surface area (TPSA) is 78.4 Å². The molecule has 1 unspecified atom stereocenters. The summed E-state index contributed by atoms with van der Waals surface area (Å²) >= 11 is 0. The van der Waals surface area contributed by atoms with E-state index in [0.717, 1.165) is 16.3 Å². The number of nitrogens with one attached hydrogen (secondary N) is 1. The number of hydrazone groups is 1. The van der Waals surface area contributed by atoms with Crippen LogP contribution in [-0.2, 0) is 4.79 Å². The van der Waals surface area contributed by atoms with E-state index in [9.17, 15) is 4.79 Å². The number of hydrogen-bond acceptors (Lipinski definition) is 6. The number of carbonyl (C=O) groups is 1. The minimum absolute atomic E-state index is 0.122. The Hall–Kier alpha value is -3.74. The van der Waals surface area contributed by atoms with Crippen LogP contribution in [0.2, 0.25) is 0 Å². The second kappa shape index (κ2) is 6.77. The van der Waals surface area contributed by atoms with Gasteiger partial charge in [0.25, 0.3) is 5.91 Å². The molecule has 0 aromatic heterocycles. The standard InChI is InChI=1S/C21H16N2O5/c24-21(23-22-10-13-5-6-16-17(7-13)27-12-26-16)20-11-25-18-8-14-3-1-2-4-15(14)9-19(18)28-20/h1-10,20H,11-12H2,(H,23,24)/b22-10+. The number of rotatable bonds is 3. The summed E-state index contributed by atoms with van der Waals surface area (Å²) in [6.07, 6.45) is 0.757. The zero-order chi connectivity index (χ0) is 18.9. The van der Waals surface area contributed by atoms with Crippen molar-refractivity contribution in [3.8, 4) is 23.0 Å². The van der Waals surface area contributed by atoms with E-state index in [2.05, 4.69) is 10.5 Å². The zero-order valence-electron chi connectivity index (χ0n) is 14.8. The molecule has 2 heterocycles. The highest BCUT2D eigenvalue weighted by atomic mass is 16.7. The average molecular weight is 376 g/mol. The van der Waals surface area contributed by atoms with Crippen LogP contribution in [0.1, 0.15) is 5.56 Å². The Morgan fingerprint density at radius 1 is 0.929 bits per heavy atom. The van der Waals surface area contributed by atoms with Crippen LogP contribution in [-0.4, -0.2) is 31.6 Å². The number of fused-ring (bicyclic) bond motifs is 3. The molecule has 3 aromatic carbocycles.